The molecule has 0 aliphatic carbocycles. The topological polar surface area (TPSA) is 89.9 Å². The molecule has 0 aromatic heterocycles. The molecule has 0 bridgehead atoms. The first kappa shape index (κ1) is 23.6. The SMILES string of the molecule is CC(=O)O.CCC(CC)C(=O)Oc1ccccc1OC(=O)C(CC)CC. The van der Waals surface area contributed by atoms with Crippen LogP contribution in [0, 0.1) is 11.8 Å². The first-order valence-corrected chi connectivity index (χ1v) is 9.02. The van der Waals surface area contributed by atoms with Crippen LogP contribution in [0.2, 0.25) is 0 Å². The van der Waals surface area contributed by atoms with Crippen LogP contribution in [0.3, 0.4) is 0 Å². The number of benzene rings is 1. The second-order valence-corrected chi connectivity index (χ2v) is 5.83. The summed E-state index contributed by atoms with van der Waals surface area (Å²) in [6.07, 6.45) is 2.91. The highest BCUT2D eigenvalue weighted by Crippen LogP contribution is 2.29. The summed E-state index contributed by atoms with van der Waals surface area (Å²) < 4.78 is 10.8. The summed E-state index contributed by atoms with van der Waals surface area (Å²) in [6.45, 7) is 8.89. The predicted octanol–water partition coefficient (Wildman–Crippen LogP) is 4.46. The van der Waals surface area contributed by atoms with Gasteiger partial charge in [-0.25, -0.2) is 0 Å². The number of carboxylic acids is 1. The number of hydrogen-bond donors (Lipinski definition) is 1. The van der Waals surface area contributed by atoms with Crippen LogP contribution in [-0.4, -0.2) is 23.0 Å². The number of carbonyl (C=O) groups excluding carboxylic acids is 2. The molecule has 0 unspecified atom stereocenters. The van der Waals surface area contributed by atoms with Crippen molar-refractivity contribution in [3.05, 3.63) is 24.3 Å². The van der Waals surface area contributed by atoms with Crippen LogP contribution >= 0.6 is 0 Å². The largest absolute Gasteiger partial charge is 0.481 e. The van der Waals surface area contributed by atoms with Gasteiger partial charge in [0.1, 0.15) is 0 Å². The Labute approximate surface area is 155 Å². The van der Waals surface area contributed by atoms with Gasteiger partial charge in [0.15, 0.2) is 11.5 Å². The molecular weight excluding hydrogens is 336 g/mol. The van der Waals surface area contributed by atoms with E-state index in [1.54, 1.807) is 24.3 Å². The van der Waals surface area contributed by atoms with E-state index < -0.39 is 5.97 Å². The van der Waals surface area contributed by atoms with Crippen LogP contribution in [0.4, 0.5) is 0 Å². The van der Waals surface area contributed by atoms with Crippen molar-refractivity contribution >= 4 is 17.9 Å². The van der Waals surface area contributed by atoms with E-state index >= 15 is 0 Å². The van der Waals surface area contributed by atoms with Crippen LogP contribution < -0.4 is 9.47 Å². The molecule has 0 aliphatic rings. The number of esters is 2. The minimum Gasteiger partial charge on any atom is -0.481 e. The van der Waals surface area contributed by atoms with Gasteiger partial charge in [-0.05, 0) is 37.8 Å². The maximum atomic E-state index is 12.1. The molecule has 1 aromatic carbocycles. The molecule has 0 aliphatic heterocycles. The zero-order chi connectivity index (χ0) is 20.1. The van der Waals surface area contributed by atoms with E-state index in [4.69, 9.17) is 19.4 Å². The molecule has 0 atom stereocenters. The van der Waals surface area contributed by atoms with Gasteiger partial charge in [-0.1, -0.05) is 39.8 Å². The van der Waals surface area contributed by atoms with Gasteiger partial charge in [-0.2, -0.15) is 0 Å². The average molecular weight is 366 g/mol. The molecule has 146 valence electrons. The number of carbonyl (C=O) groups is 3. The summed E-state index contributed by atoms with van der Waals surface area (Å²) in [4.78, 5) is 33.2. The minimum atomic E-state index is -0.833. The molecule has 0 radical (unpaired) electrons. The Kier molecular flexibility index (Phi) is 11.7. The molecule has 0 saturated heterocycles. The quantitative estimate of drug-likeness (QED) is 0.539. The summed E-state index contributed by atoms with van der Waals surface area (Å²) in [7, 11) is 0. The minimum absolute atomic E-state index is 0.136. The van der Waals surface area contributed by atoms with Gasteiger partial charge in [0.05, 0.1) is 11.8 Å². The molecule has 1 N–H and O–H groups in total. The fraction of sp³-hybridized carbons (Fsp3) is 0.550. The van der Waals surface area contributed by atoms with Crippen LogP contribution in [0.5, 0.6) is 11.5 Å². The van der Waals surface area contributed by atoms with Crippen molar-refractivity contribution in [3.63, 3.8) is 0 Å². The maximum Gasteiger partial charge on any atom is 0.314 e. The van der Waals surface area contributed by atoms with Gasteiger partial charge >= 0.3 is 11.9 Å². The molecule has 0 fully saturated rings. The molecule has 26 heavy (non-hydrogen) atoms. The molecule has 0 heterocycles. The summed E-state index contributed by atoms with van der Waals surface area (Å²) in [5.74, 6) is -1.06. The summed E-state index contributed by atoms with van der Waals surface area (Å²) in [5, 5.41) is 7.42. The van der Waals surface area contributed by atoms with Gasteiger partial charge in [-0.15, -0.1) is 0 Å². The third-order valence-corrected chi connectivity index (χ3v) is 3.91. The van der Waals surface area contributed by atoms with Gasteiger partial charge in [0.25, 0.3) is 5.97 Å². The van der Waals surface area contributed by atoms with E-state index in [-0.39, 0.29) is 23.8 Å². The van der Waals surface area contributed by atoms with E-state index in [0.717, 1.165) is 32.6 Å². The molecule has 0 amide bonds. The van der Waals surface area contributed by atoms with Crippen molar-refractivity contribution in [1.82, 2.24) is 0 Å². The fourth-order valence-electron chi connectivity index (χ4n) is 2.25. The van der Waals surface area contributed by atoms with Crippen LogP contribution in [-0.2, 0) is 14.4 Å². The summed E-state index contributed by atoms with van der Waals surface area (Å²) in [6, 6.07) is 6.81. The van der Waals surface area contributed by atoms with Crippen LogP contribution in [0.25, 0.3) is 0 Å². The molecule has 0 saturated carbocycles. The number of rotatable bonds is 8. The zero-order valence-electron chi connectivity index (χ0n) is 16.3. The number of hydrogen-bond acceptors (Lipinski definition) is 5. The van der Waals surface area contributed by atoms with E-state index in [9.17, 15) is 9.59 Å². The lowest BCUT2D eigenvalue weighted by Gasteiger charge is -2.16. The zero-order valence-corrected chi connectivity index (χ0v) is 16.3. The fourth-order valence-corrected chi connectivity index (χ4v) is 2.25. The van der Waals surface area contributed by atoms with Crippen LogP contribution in [0.15, 0.2) is 24.3 Å². The van der Waals surface area contributed by atoms with Crippen molar-refractivity contribution in [2.24, 2.45) is 11.8 Å². The Bertz CT molecular complexity index is 524. The molecule has 1 aromatic rings. The van der Waals surface area contributed by atoms with Crippen molar-refractivity contribution in [1.29, 1.82) is 0 Å². The Morgan fingerprint density at radius 3 is 1.31 bits per heavy atom. The Morgan fingerprint density at radius 2 is 1.08 bits per heavy atom. The Hall–Kier alpha value is -2.37. The number of aliphatic carboxylic acids is 1. The Morgan fingerprint density at radius 1 is 0.808 bits per heavy atom. The predicted molar refractivity (Wildman–Crippen MR) is 99.2 cm³/mol. The monoisotopic (exact) mass is 366 g/mol. The van der Waals surface area contributed by atoms with Gasteiger partial charge in [0, 0.05) is 6.92 Å². The highest BCUT2D eigenvalue weighted by molar-refractivity contribution is 5.78. The third-order valence-electron chi connectivity index (χ3n) is 3.91. The van der Waals surface area contributed by atoms with Crippen molar-refractivity contribution in [3.8, 4) is 11.5 Å². The lowest BCUT2D eigenvalue weighted by atomic mass is 10.0. The second-order valence-electron chi connectivity index (χ2n) is 5.83. The number of ether oxygens (including phenoxy) is 2. The van der Waals surface area contributed by atoms with E-state index in [0.29, 0.717) is 11.5 Å². The van der Waals surface area contributed by atoms with E-state index in [2.05, 4.69) is 0 Å². The molecule has 0 spiro atoms. The van der Waals surface area contributed by atoms with E-state index in [1.807, 2.05) is 27.7 Å². The second kappa shape index (κ2) is 12.9. The van der Waals surface area contributed by atoms with Crippen molar-refractivity contribution < 1.29 is 29.0 Å². The molecule has 1 rings (SSSR count). The van der Waals surface area contributed by atoms with Gasteiger partial charge in [-0.3, -0.25) is 14.4 Å². The molecule has 6 nitrogen and oxygen atoms in total. The van der Waals surface area contributed by atoms with Gasteiger partial charge in [0.2, 0.25) is 0 Å². The lowest BCUT2D eigenvalue weighted by Crippen LogP contribution is -2.22. The molecule has 6 heteroatoms. The maximum absolute atomic E-state index is 12.1. The lowest BCUT2D eigenvalue weighted by molar-refractivity contribution is -0.142. The van der Waals surface area contributed by atoms with Crippen LogP contribution in [0.1, 0.15) is 60.3 Å². The van der Waals surface area contributed by atoms with E-state index in [1.165, 1.54) is 0 Å². The van der Waals surface area contributed by atoms with Crippen molar-refractivity contribution in [2.45, 2.75) is 60.3 Å². The first-order valence-electron chi connectivity index (χ1n) is 9.02. The van der Waals surface area contributed by atoms with Gasteiger partial charge < -0.3 is 14.6 Å². The number of para-hydroxylation sites is 2. The van der Waals surface area contributed by atoms with Crippen molar-refractivity contribution in [2.75, 3.05) is 0 Å². The summed E-state index contributed by atoms with van der Waals surface area (Å²) >= 11 is 0. The smallest absolute Gasteiger partial charge is 0.314 e. The molecular formula is C20H30O6. The summed E-state index contributed by atoms with van der Waals surface area (Å²) in [5.41, 5.74) is 0. The third kappa shape index (κ3) is 8.65. The first-order chi connectivity index (χ1) is 12.3. The highest BCUT2D eigenvalue weighted by Gasteiger charge is 2.21. The highest BCUT2D eigenvalue weighted by atomic mass is 16.6. The Balaban J connectivity index is 0.00000141. The number of carboxylic acid groups (broad SMARTS) is 1. The normalized spacial score (nSPS) is 10.1. The standard InChI is InChI=1S/C18H26O4.C2H4O2/c1-5-13(6-2)17(19)21-15-11-9-10-12-16(15)22-18(20)14(7-3)8-4;1-2(3)4/h9-14H,5-8H2,1-4H3;1H3,(H,3,4). The average Bonchev–Trinajstić information content (AvgIpc) is 2.58.